The van der Waals surface area contributed by atoms with E-state index < -0.39 is 0 Å². The summed E-state index contributed by atoms with van der Waals surface area (Å²) < 4.78 is 6.76. The van der Waals surface area contributed by atoms with Gasteiger partial charge in [0.25, 0.3) is 5.56 Å². The third-order valence-electron chi connectivity index (χ3n) is 5.11. The lowest BCUT2D eigenvalue weighted by Crippen LogP contribution is -2.23. The van der Waals surface area contributed by atoms with E-state index in [0.29, 0.717) is 18.2 Å². The summed E-state index contributed by atoms with van der Waals surface area (Å²) in [7, 11) is 0. The molecule has 5 rings (SSSR count). The third-order valence-corrected chi connectivity index (χ3v) is 7.49. The minimum Gasteiger partial charge on any atom is -0.465 e. The van der Waals surface area contributed by atoms with E-state index in [2.05, 4.69) is 0 Å². The number of carbonyl (C=O) groups excluding carboxylic acids is 1. The molecule has 0 N–H and O–H groups in total. The lowest BCUT2D eigenvalue weighted by molar-refractivity contribution is -0.137. The van der Waals surface area contributed by atoms with Crippen molar-refractivity contribution in [3.05, 3.63) is 51.1 Å². The number of hydrogen-bond donors (Lipinski definition) is 0. The summed E-state index contributed by atoms with van der Waals surface area (Å²) in [5.41, 5.74) is 1.93. The average Bonchev–Trinajstić information content (AvgIpc) is 3.26. The predicted octanol–water partition coefficient (Wildman–Crippen LogP) is 3.73. The molecule has 1 aliphatic carbocycles. The Bertz CT molecular complexity index is 1090. The van der Waals surface area contributed by atoms with Crippen LogP contribution in [0.5, 0.6) is 0 Å². The molecule has 3 aromatic rings. The van der Waals surface area contributed by atoms with E-state index >= 15 is 0 Å². The molecule has 3 heterocycles. The van der Waals surface area contributed by atoms with Crippen LogP contribution < -0.4 is 5.56 Å². The van der Waals surface area contributed by atoms with Gasteiger partial charge < -0.3 is 4.74 Å². The first-order valence-electron chi connectivity index (χ1n) is 9.18. The van der Waals surface area contributed by atoms with E-state index in [9.17, 15) is 9.59 Å². The molecule has 1 aromatic carbocycles. The first-order valence-corrected chi connectivity index (χ1v) is 10.9. The van der Waals surface area contributed by atoms with E-state index in [0.717, 1.165) is 35.2 Å². The van der Waals surface area contributed by atoms with Crippen molar-refractivity contribution in [3.63, 3.8) is 0 Å². The number of cyclic esters (lactones) is 1. The maximum Gasteiger partial charge on any atom is 0.319 e. The number of esters is 1. The molecule has 0 bridgehead atoms. The van der Waals surface area contributed by atoms with Crippen molar-refractivity contribution in [2.24, 2.45) is 0 Å². The van der Waals surface area contributed by atoms with E-state index in [4.69, 9.17) is 9.72 Å². The van der Waals surface area contributed by atoms with Gasteiger partial charge in [-0.15, -0.1) is 11.3 Å². The molecule has 138 valence electrons. The van der Waals surface area contributed by atoms with E-state index in [1.807, 2.05) is 30.3 Å². The van der Waals surface area contributed by atoms with Crippen molar-refractivity contribution in [2.75, 3.05) is 6.61 Å². The fraction of sp³-hybridized carbons (Fsp3) is 0.350. The van der Waals surface area contributed by atoms with Crippen molar-refractivity contribution in [2.45, 2.75) is 42.5 Å². The van der Waals surface area contributed by atoms with E-state index in [1.54, 1.807) is 15.9 Å². The fourth-order valence-corrected chi connectivity index (χ4v) is 6.16. The Labute approximate surface area is 164 Å². The Morgan fingerprint density at radius 3 is 2.74 bits per heavy atom. The van der Waals surface area contributed by atoms with Crippen molar-refractivity contribution in [1.82, 2.24) is 9.55 Å². The standard InChI is InChI=1S/C20H18N2O3S2/c23-18-16-13-8-4-5-9-14(13)26-17(16)21-20(27-15-10-11-25-19(15)24)22(18)12-6-2-1-3-7-12/h1-3,6-7,15H,4-5,8-11H2/t15-/m0/s1. The van der Waals surface area contributed by atoms with Crippen LogP contribution in [0.4, 0.5) is 0 Å². The Morgan fingerprint density at radius 1 is 1.15 bits per heavy atom. The molecule has 2 aliphatic rings. The number of benzene rings is 1. The molecule has 5 nitrogen and oxygen atoms in total. The van der Waals surface area contributed by atoms with Gasteiger partial charge in [-0.25, -0.2) is 4.98 Å². The first-order chi connectivity index (χ1) is 13.2. The van der Waals surface area contributed by atoms with Crippen LogP contribution >= 0.6 is 23.1 Å². The number of nitrogens with zero attached hydrogens (tertiary/aromatic N) is 2. The molecule has 1 atom stereocenters. The average molecular weight is 399 g/mol. The van der Waals surface area contributed by atoms with Crippen molar-refractivity contribution in [3.8, 4) is 5.69 Å². The van der Waals surface area contributed by atoms with Crippen LogP contribution in [-0.2, 0) is 22.4 Å². The van der Waals surface area contributed by atoms with Gasteiger partial charge in [0.05, 0.1) is 17.7 Å². The van der Waals surface area contributed by atoms with Gasteiger partial charge in [-0.3, -0.25) is 14.2 Å². The summed E-state index contributed by atoms with van der Waals surface area (Å²) in [4.78, 5) is 32.5. The zero-order valence-corrected chi connectivity index (χ0v) is 16.3. The molecular weight excluding hydrogens is 380 g/mol. The SMILES string of the molecule is O=C1OCC[C@@H]1Sc1nc2sc3c(c2c(=O)n1-c1ccccc1)CCCC3. The molecule has 0 spiro atoms. The summed E-state index contributed by atoms with van der Waals surface area (Å²) in [6.45, 7) is 0.432. The Balaban J connectivity index is 1.74. The molecule has 7 heteroatoms. The van der Waals surface area contributed by atoms with Crippen molar-refractivity contribution < 1.29 is 9.53 Å². The molecule has 2 aromatic heterocycles. The Hall–Kier alpha value is -2.12. The predicted molar refractivity (Wildman–Crippen MR) is 107 cm³/mol. The molecule has 0 radical (unpaired) electrons. The number of rotatable bonds is 3. The Kier molecular flexibility index (Phi) is 4.28. The number of fused-ring (bicyclic) bond motifs is 3. The van der Waals surface area contributed by atoms with Gasteiger partial charge in [0.15, 0.2) is 5.16 Å². The lowest BCUT2D eigenvalue weighted by Gasteiger charge is -2.14. The van der Waals surface area contributed by atoms with Crippen LogP contribution in [-0.4, -0.2) is 27.4 Å². The van der Waals surface area contributed by atoms with Crippen LogP contribution in [0.1, 0.15) is 29.7 Å². The molecule has 1 aliphatic heterocycles. The molecular formula is C20H18N2O3S2. The van der Waals surface area contributed by atoms with Crippen LogP contribution in [0, 0.1) is 0 Å². The summed E-state index contributed by atoms with van der Waals surface area (Å²) in [5.74, 6) is -0.223. The first kappa shape index (κ1) is 17.0. The Morgan fingerprint density at radius 2 is 1.96 bits per heavy atom. The van der Waals surface area contributed by atoms with Gasteiger partial charge in [0.2, 0.25) is 0 Å². The zero-order chi connectivity index (χ0) is 18.4. The number of ether oxygens (including phenoxy) is 1. The highest BCUT2D eigenvalue weighted by Crippen LogP contribution is 2.36. The van der Waals surface area contributed by atoms with Crippen molar-refractivity contribution in [1.29, 1.82) is 0 Å². The molecule has 0 unspecified atom stereocenters. The molecule has 1 saturated heterocycles. The quantitative estimate of drug-likeness (QED) is 0.497. The number of aromatic nitrogens is 2. The number of aryl methyl sites for hydroxylation is 2. The minimum atomic E-state index is -0.307. The second-order valence-corrected chi connectivity index (χ2v) is 9.08. The molecule has 1 fully saturated rings. The highest BCUT2D eigenvalue weighted by atomic mass is 32.2. The summed E-state index contributed by atoms with van der Waals surface area (Å²) >= 11 is 2.98. The minimum absolute atomic E-state index is 0.0283. The number of thiophene rings is 1. The lowest BCUT2D eigenvalue weighted by atomic mass is 9.97. The van der Waals surface area contributed by atoms with Gasteiger partial charge in [0.1, 0.15) is 10.1 Å². The fourth-order valence-electron chi connectivity index (χ4n) is 3.78. The monoisotopic (exact) mass is 398 g/mol. The zero-order valence-electron chi connectivity index (χ0n) is 14.6. The van der Waals surface area contributed by atoms with E-state index in [1.165, 1.54) is 28.6 Å². The smallest absolute Gasteiger partial charge is 0.319 e. The molecule has 0 saturated carbocycles. The highest BCUT2D eigenvalue weighted by molar-refractivity contribution is 8.00. The van der Waals surface area contributed by atoms with Gasteiger partial charge in [-0.05, 0) is 43.4 Å². The van der Waals surface area contributed by atoms with Crippen LogP contribution in [0.3, 0.4) is 0 Å². The number of carbonyl (C=O) groups is 1. The third kappa shape index (κ3) is 2.89. The summed E-state index contributed by atoms with van der Waals surface area (Å²) in [6, 6.07) is 9.56. The van der Waals surface area contributed by atoms with Crippen LogP contribution in [0.25, 0.3) is 15.9 Å². The van der Waals surface area contributed by atoms with Crippen LogP contribution in [0.2, 0.25) is 0 Å². The van der Waals surface area contributed by atoms with Gasteiger partial charge in [-0.1, -0.05) is 30.0 Å². The topological polar surface area (TPSA) is 61.2 Å². The van der Waals surface area contributed by atoms with Crippen molar-refractivity contribution >= 4 is 39.3 Å². The maximum atomic E-state index is 13.5. The normalized spacial score (nSPS) is 19.3. The number of thioether (sulfide) groups is 1. The molecule has 27 heavy (non-hydrogen) atoms. The second kappa shape index (κ2) is 6.80. The number of hydrogen-bond acceptors (Lipinski definition) is 6. The summed E-state index contributed by atoms with van der Waals surface area (Å²) in [5, 5.41) is 1.02. The second-order valence-electron chi connectivity index (χ2n) is 6.82. The van der Waals surface area contributed by atoms with Gasteiger partial charge in [-0.2, -0.15) is 0 Å². The number of para-hydroxylation sites is 1. The van der Waals surface area contributed by atoms with Crippen LogP contribution in [0.15, 0.2) is 40.3 Å². The van der Waals surface area contributed by atoms with Gasteiger partial charge in [0, 0.05) is 11.3 Å². The highest BCUT2D eigenvalue weighted by Gasteiger charge is 2.30. The van der Waals surface area contributed by atoms with E-state index in [-0.39, 0.29) is 16.8 Å². The largest absolute Gasteiger partial charge is 0.465 e. The maximum absolute atomic E-state index is 13.5. The molecule has 0 amide bonds. The summed E-state index contributed by atoms with van der Waals surface area (Å²) in [6.07, 6.45) is 4.91. The van der Waals surface area contributed by atoms with Gasteiger partial charge >= 0.3 is 5.97 Å².